The Morgan fingerprint density at radius 2 is 2.05 bits per heavy atom. The summed E-state index contributed by atoms with van der Waals surface area (Å²) in [5.41, 5.74) is -0.848. The van der Waals surface area contributed by atoms with Gasteiger partial charge in [-0.2, -0.15) is 0 Å². The van der Waals surface area contributed by atoms with Crippen LogP contribution in [0.25, 0.3) is 0 Å². The number of carboxylic acids is 1. The van der Waals surface area contributed by atoms with Crippen molar-refractivity contribution in [3.8, 4) is 0 Å². The van der Waals surface area contributed by atoms with Crippen molar-refractivity contribution in [1.29, 1.82) is 0 Å². The highest BCUT2D eigenvalue weighted by Crippen LogP contribution is 2.25. The van der Waals surface area contributed by atoms with Gasteiger partial charge in [0.15, 0.2) is 0 Å². The number of amides is 2. The fraction of sp³-hybridized carbons (Fsp3) is 0.250. The molecule has 0 saturated heterocycles. The maximum absolute atomic E-state index is 12.0. The molecule has 1 rings (SSSR count). The molecule has 0 radical (unpaired) electrons. The maximum atomic E-state index is 12.0. The molecule has 0 saturated carbocycles. The summed E-state index contributed by atoms with van der Waals surface area (Å²) >= 11 is 5.78. The Hall–Kier alpha value is -2.68. The number of hydrogen-bond acceptors (Lipinski definition) is 5. The standard InChI is InChI=1S/C12H12ClN3O6/c1-15(6-10(18)19)9(17)5-14-12(20)11-7(13)3-2-4-8(11)16(21)22/h2-4H,5-6H2,1H3,(H,14,20)(H,18,19). The molecule has 1 aromatic rings. The molecule has 0 atom stereocenters. The predicted molar refractivity (Wildman–Crippen MR) is 75.7 cm³/mol. The molecule has 118 valence electrons. The lowest BCUT2D eigenvalue weighted by atomic mass is 10.1. The van der Waals surface area contributed by atoms with Crippen LogP contribution >= 0.6 is 11.6 Å². The number of carboxylic acid groups (broad SMARTS) is 1. The largest absolute Gasteiger partial charge is 0.480 e. The molecular weight excluding hydrogens is 318 g/mol. The fourth-order valence-corrected chi connectivity index (χ4v) is 1.82. The van der Waals surface area contributed by atoms with E-state index in [-0.39, 0.29) is 10.6 Å². The molecule has 22 heavy (non-hydrogen) atoms. The highest BCUT2D eigenvalue weighted by Gasteiger charge is 2.24. The number of carbonyl (C=O) groups excluding carboxylic acids is 2. The molecule has 0 aliphatic heterocycles. The molecule has 10 heteroatoms. The molecule has 0 fully saturated rings. The summed E-state index contributed by atoms with van der Waals surface area (Å²) in [6.07, 6.45) is 0. The summed E-state index contributed by atoms with van der Waals surface area (Å²) in [6, 6.07) is 3.74. The number of aliphatic carboxylic acids is 1. The minimum atomic E-state index is -1.20. The Morgan fingerprint density at radius 1 is 1.41 bits per heavy atom. The van der Waals surface area contributed by atoms with Gasteiger partial charge in [0.05, 0.1) is 16.5 Å². The molecule has 0 unspecified atom stereocenters. The van der Waals surface area contributed by atoms with Crippen molar-refractivity contribution < 1.29 is 24.4 Å². The minimum Gasteiger partial charge on any atom is -0.480 e. The van der Waals surface area contributed by atoms with Crippen molar-refractivity contribution in [2.75, 3.05) is 20.1 Å². The van der Waals surface area contributed by atoms with E-state index in [1.807, 2.05) is 0 Å². The van der Waals surface area contributed by atoms with Gasteiger partial charge in [0.2, 0.25) is 5.91 Å². The van der Waals surface area contributed by atoms with Crippen molar-refractivity contribution in [3.63, 3.8) is 0 Å². The van der Waals surface area contributed by atoms with E-state index in [1.165, 1.54) is 19.2 Å². The number of benzene rings is 1. The zero-order chi connectivity index (χ0) is 16.9. The monoisotopic (exact) mass is 329 g/mol. The maximum Gasteiger partial charge on any atom is 0.323 e. The lowest BCUT2D eigenvalue weighted by Gasteiger charge is -2.15. The smallest absolute Gasteiger partial charge is 0.323 e. The van der Waals surface area contributed by atoms with Crippen LogP contribution in [-0.4, -0.2) is 52.9 Å². The van der Waals surface area contributed by atoms with Crippen LogP contribution in [0.15, 0.2) is 18.2 Å². The number of carbonyl (C=O) groups is 3. The average molecular weight is 330 g/mol. The van der Waals surface area contributed by atoms with E-state index < -0.39 is 41.5 Å². The van der Waals surface area contributed by atoms with Crippen LogP contribution in [0.5, 0.6) is 0 Å². The van der Waals surface area contributed by atoms with Crippen molar-refractivity contribution in [2.45, 2.75) is 0 Å². The number of nitro benzene ring substituents is 1. The highest BCUT2D eigenvalue weighted by atomic mass is 35.5. The van der Waals surface area contributed by atoms with E-state index in [2.05, 4.69) is 5.32 Å². The first kappa shape index (κ1) is 17.4. The minimum absolute atomic E-state index is 0.127. The third-order valence-electron chi connectivity index (χ3n) is 2.61. The molecule has 0 spiro atoms. The van der Waals surface area contributed by atoms with Gasteiger partial charge in [-0.05, 0) is 6.07 Å². The molecule has 2 N–H and O–H groups in total. The zero-order valence-corrected chi connectivity index (χ0v) is 12.2. The van der Waals surface area contributed by atoms with Gasteiger partial charge in [0, 0.05) is 13.1 Å². The Balaban J connectivity index is 2.81. The quantitative estimate of drug-likeness (QED) is 0.578. The van der Waals surface area contributed by atoms with E-state index in [9.17, 15) is 24.5 Å². The number of likely N-dealkylation sites (N-methyl/N-ethyl adjacent to an activating group) is 1. The van der Waals surface area contributed by atoms with Crippen LogP contribution in [0.2, 0.25) is 5.02 Å². The van der Waals surface area contributed by atoms with Crippen LogP contribution < -0.4 is 5.32 Å². The summed E-state index contributed by atoms with van der Waals surface area (Å²) in [5.74, 6) is -2.76. The lowest BCUT2D eigenvalue weighted by molar-refractivity contribution is -0.385. The molecule has 0 aliphatic rings. The Kier molecular flexibility index (Phi) is 5.81. The Bertz CT molecular complexity index is 633. The fourth-order valence-electron chi connectivity index (χ4n) is 1.56. The van der Waals surface area contributed by atoms with E-state index in [0.717, 1.165) is 11.0 Å². The summed E-state index contributed by atoms with van der Waals surface area (Å²) in [5, 5.41) is 21.5. The molecule has 9 nitrogen and oxygen atoms in total. The number of hydrogen-bond donors (Lipinski definition) is 2. The first-order valence-corrected chi connectivity index (χ1v) is 6.28. The topological polar surface area (TPSA) is 130 Å². The summed E-state index contributed by atoms with van der Waals surface area (Å²) in [4.78, 5) is 45.0. The lowest BCUT2D eigenvalue weighted by Crippen LogP contribution is -2.40. The Morgan fingerprint density at radius 3 is 2.59 bits per heavy atom. The molecule has 0 heterocycles. The summed E-state index contributed by atoms with van der Waals surface area (Å²) in [7, 11) is 1.25. The predicted octanol–water partition coefficient (Wildman–Crippen LogP) is 0.521. The molecule has 0 aliphatic carbocycles. The van der Waals surface area contributed by atoms with Crippen LogP contribution in [0.4, 0.5) is 5.69 Å². The van der Waals surface area contributed by atoms with Gasteiger partial charge in [-0.15, -0.1) is 0 Å². The molecule has 2 amide bonds. The highest BCUT2D eigenvalue weighted by molar-refractivity contribution is 6.34. The second-order valence-corrected chi connectivity index (χ2v) is 4.62. The van der Waals surface area contributed by atoms with Gasteiger partial charge in [-0.3, -0.25) is 24.5 Å². The molecule has 1 aromatic carbocycles. The van der Waals surface area contributed by atoms with E-state index in [1.54, 1.807) is 0 Å². The van der Waals surface area contributed by atoms with Crippen molar-refractivity contribution in [3.05, 3.63) is 38.9 Å². The van der Waals surface area contributed by atoms with Gasteiger partial charge in [0.1, 0.15) is 12.1 Å². The van der Waals surface area contributed by atoms with Crippen LogP contribution in [-0.2, 0) is 9.59 Å². The second kappa shape index (κ2) is 7.36. The summed E-state index contributed by atoms with van der Waals surface area (Å²) < 4.78 is 0. The van der Waals surface area contributed by atoms with Gasteiger partial charge in [-0.25, -0.2) is 0 Å². The zero-order valence-electron chi connectivity index (χ0n) is 11.4. The number of halogens is 1. The average Bonchev–Trinajstić information content (AvgIpc) is 2.43. The van der Waals surface area contributed by atoms with Gasteiger partial charge < -0.3 is 15.3 Å². The van der Waals surface area contributed by atoms with Crippen LogP contribution in [0.1, 0.15) is 10.4 Å². The SMILES string of the molecule is CN(CC(=O)O)C(=O)CNC(=O)c1c(Cl)cccc1[N+](=O)[O-]. The first-order chi connectivity index (χ1) is 10.2. The van der Waals surface area contributed by atoms with Gasteiger partial charge in [0.25, 0.3) is 11.6 Å². The van der Waals surface area contributed by atoms with Gasteiger partial charge >= 0.3 is 5.97 Å². The van der Waals surface area contributed by atoms with E-state index >= 15 is 0 Å². The first-order valence-electron chi connectivity index (χ1n) is 5.91. The summed E-state index contributed by atoms with van der Waals surface area (Å²) in [6.45, 7) is -1.04. The van der Waals surface area contributed by atoms with E-state index in [4.69, 9.17) is 16.7 Å². The number of rotatable bonds is 6. The second-order valence-electron chi connectivity index (χ2n) is 4.22. The number of nitrogens with one attached hydrogen (secondary N) is 1. The third kappa shape index (κ3) is 4.42. The van der Waals surface area contributed by atoms with Crippen molar-refractivity contribution in [2.24, 2.45) is 0 Å². The molecule has 0 aromatic heterocycles. The molecular formula is C12H12ClN3O6. The number of nitro groups is 1. The van der Waals surface area contributed by atoms with Crippen molar-refractivity contribution >= 4 is 35.1 Å². The van der Waals surface area contributed by atoms with E-state index in [0.29, 0.717) is 0 Å². The normalized spacial score (nSPS) is 9.91. The van der Waals surface area contributed by atoms with Crippen molar-refractivity contribution in [1.82, 2.24) is 10.2 Å². The third-order valence-corrected chi connectivity index (χ3v) is 2.93. The van der Waals surface area contributed by atoms with Gasteiger partial charge in [-0.1, -0.05) is 17.7 Å². The Labute approximate surface area is 129 Å². The van der Waals surface area contributed by atoms with Crippen LogP contribution in [0.3, 0.4) is 0 Å². The number of nitrogens with zero attached hydrogens (tertiary/aromatic N) is 2. The molecule has 0 bridgehead atoms. The van der Waals surface area contributed by atoms with Crippen LogP contribution in [0, 0.1) is 10.1 Å².